The summed E-state index contributed by atoms with van der Waals surface area (Å²) in [5.74, 6) is 0. The predicted molar refractivity (Wildman–Crippen MR) is 77.8 cm³/mol. The number of nitriles is 1. The third-order valence-electron chi connectivity index (χ3n) is 3.28. The van der Waals surface area contributed by atoms with Crippen LogP contribution in [0.4, 0.5) is 0 Å². The fourth-order valence-electron chi connectivity index (χ4n) is 1.97. The minimum absolute atomic E-state index is 0.0471. The van der Waals surface area contributed by atoms with Crippen molar-refractivity contribution in [1.29, 1.82) is 5.26 Å². The van der Waals surface area contributed by atoms with Crippen LogP contribution < -0.4 is 5.73 Å². The molecule has 0 amide bonds. The largest absolute Gasteiger partial charge is 0.326 e. The molecule has 0 spiro atoms. The van der Waals surface area contributed by atoms with Crippen molar-refractivity contribution in [2.75, 3.05) is 7.05 Å². The van der Waals surface area contributed by atoms with E-state index >= 15 is 0 Å². The van der Waals surface area contributed by atoms with E-state index in [0.717, 1.165) is 10.8 Å². The summed E-state index contributed by atoms with van der Waals surface area (Å²) in [6, 6.07) is 6.49. The van der Waals surface area contributed by atoms with Gasteiger partial charge in [-0.1, -0.05) is 18.5 Å². The van der Waals surface area contributed by atoms with Crippen molar-refractivity contribution in [1.82, 2.24) is 4.90 Å². The second-order valence-corrected chi connectivity index (χ2v) is 6.28. The standard InChI is InChI=1S/C13H20ClN3S/c1-4-10(16)13(11-5-6-12(14)18-11)17(3)9(2)7-8-15/h5-6,9-10,13H,4,7,16H2,1-3H3. The molecule has 0 saturated carbocycles. The fraction of sp³-hybridized carbons (Fsp3) is 0.615. The molecular formula is C13H20ClN3S. The van der Waals surface area contributed by atoms with Gasteiger partial charge in [0.2, 0.25) is 0 Å². The molecule has 0 aliphatic rings. The molecule has 0 aromatic carbocycles. The Kier molecular flexibility index (Phi) is 6.10. The quantitative estimate of drug-likeness (QED) is 0.871. The second kappa shape index (κ2) is 7.10. The lowest BCUT2D eigenvalue weighted by atomic mass is 10.0. The van der Waals surface area contributed by atoms with Gasteiger partial charge in [-0.15, -0.1) is 11.3 Å². The summed E-state index contributed by atoms with van der Waals surface area (Å²) in [7, 11) is 2.02. The number of rotatable bonds is 6. The Bertz CT molecular complexity index is 413. The van der Waals surface area contributed by atoms with Crippen LogP contribution in [-0.4, -0.2) is 24.0 Å². The molecular weight excluding hydrogens is 266 g/mol. The zero-order valence-corrected chi connectivity index (χ0v) is 12.6. The van der Waals surface area contributed by atoms with E-state index in [1.165, 1.54) is 4.88 Å². The van der Waals surface area contributed by atoms with Gasteiger partial charge in [-0.25, -0.2) is 0 Å². The Balaban J connectivity index is 2.95. The molecule has 2 N–H and O–H groups in total. The van der Waals surface area contributed by atoms with E-state index in [2.05, 4.69) is 17.9 Å². The summed E-state index contributed by atoms with van der Waals surface area (Å²) in [5.41, 5.74) is 6.23. The van der Waals surface area contributed by atoms with Gasteiger partial charge in [0, 0.05) is 17.0 Å². The van der Waals surface area contributed by atoms with Crippen LogP contribution in [0.5, 0.6) is 0 Å². The lowest BCUT2D eigenvalue weighted by Gasteiger charge is -2.35. The van der Waals surface area contributed by atoms with Crippen LogP contribution in [0.3, 0.4) is 0 Å². The predicted octanol–water partition coefficient (Wildman–Crippen LogP) is 3.41. The van der Waals surface area contributed by atoms with Gasteiger partial charge in [-0.2, -0.15) is 5.26 Å². The number of likely N-dealkylation sites (N-methyl/N-ethyl adjacent to an activating group) is 1. The number of hydrogen-bond donors (Lipinski definition) is 1. The monoisotopic (exact) mass is 285 g/mol. The molecule has 3 atom stereocenters. The molecule has 1 rings (SSSR count). The Morgan fingerprint density at radius 1 is 1.56 bits per heavy atom. The zero-order valence-electron chi connectivity index (χ0n) is 11.1. The highest BCUT2D eigenvalue weighted by atomic mass is 35.5. The third kappa shape index (κ3) is 3.69. The van der Waals surface area contributed by atoms with Crippen molar-refractivity contribution < 1.29 is 0 Å². The molecule has 0 bridgehead atoms. The summed E-state index contributed by atoms with van der Waals surface area (Å²) in [4.78, 5) is 3.35. The minimum atomic E-state index is 0.0471. The fourth-order valence-corrected chi connectivity index (χ4v) is 3.26. The number of halogens is 1. The van der Waals surface area contributed by atoms with E-state index in [1.54, 1.807) is 11.3 Å². The highest BCUT2D eigenvalue weighted by molar-refractivity contribution is 7.16. The van der Waals surface area contributed by atoms with Crippen molar-refractivity contribution in [2.45, 2.75) is 44.8 Å². The van der Waals surface area contributed by atoms with Crippen LogP contribution in [0.1, 0.15) is 37.6 Å². The van der Waals surface area contributed by atoms with Gasteiger partial charge in [0.25, 0.3) is 0 Å². The molecule has 1 aromatic rings. The summed E-state index contributed by atoms with van der Waals surface area (Å²) >= 11 is 7.57. The van der Waals surface area contributed by atoms with Gasteiger partial charge in [0.05, 0.1) is 22.9 Å². The molecule has 3 unspecified atom stereocenters. The Hall–Kier alpha value is -0.600. The molecule has 3 nitrogen and oxygen atoms in total. The van der Waals surface area contributed by atoms with Crippen molar-refractivity contribution in [3.8, 4) is 6.07 Å². The summed E-state index contributed by atoms with van der Waals surface area (Å²) in [6.45, 7) is 4.13. The van der Waals surface area contributed by atoms with Crippen molar-refractivity contribution in [2.24, 2.45) is 5.73 Å². The van der Waals surface area contributed by atoms with Gasteiger partial charge in [-0.05, 0) is 32.5 Å². The van der Waals surface area contributed by atoms with Gasteiger partial charge in [-0.3, -0.25) is 4.90 Å². The van der Waals surface area contributed by atoms with Crippen molar-refractivity contribution in [3.05, 3.63) is 21.3 Å². The maximum absolute atomic E-state index is 8.81. The molecule has 0 fully saturated rings. The van der Waals surface area contributed by atoms with E-state index in [0.29, 0.717) is 6.42 Å². The maximum Gasteiger partial charge on any atom is 0.0931 e. The van der Waals surface area contributed by atoms with Crippen LogP contribution in [0.2, 0.25) is 4.34 Å². The van der Waals surface area contributed by atoms with Crippen molar-refractivity contribution >= 4 is 22.9 Å². The zero-order chi connectivity index (χ0) is 13.7. The van der Waals surface area contributed by atoms with Gasteiger partial charge < -0.3 is 5.73 Å². The summed E-state index contributed by atoms with van der Waals surface area (Å²) in [5, 5.41) is 8.81. The van der Waals surface area contributed by atoms with E-state index in [9.17, 15) is 0 Å². The average Bonchev–Trinajstić information content (AvgIpc) is 2.75. The molecule has 100 valence electrons. The van der Waals surface area contributed by atoms with Crippen LogP contribution in [0.15, 0.2) is 12.1 Å². The third-order valence-corrected chi connectivity index (χ3v) is 4.58. The first kappa shape index (κ1) is 15.5. The number of hydrogen-bond acceptors (Lipinski definition) is 4. The van der Waals surface area contributed by atoms with Crippen LogP contribution in [0, 0.1) is 11.3 Å². The lowest BCUT2D eigenvalue weighted by molar-refractivity contribution is 0.163. The molecule has 5 heteroatoms. The van der Waals surface area contributed by atoms with Gasteiger partial charge >= 0.3 is 0 Å². The smallest absolute Gasteiger partial charge is 0.0931 e. The first-order valence-corrected chi connectivity index (χ1v) is 7.30. The van der Waals surface area contributed by atoms with Crippen molar-refractivity contribution in [3.63, 3.8) is 0 Å². The number of thiophene rings is 1. The van der Waals surface area contributed by atoms with E-state index in [1.807, 2.05) is 26.1 Å². The lowest BCUT2D eigenvalue weighted by Crippen LogP contribution is -2.42. The van der Waals surface area contributed by atoms with Crippen LogP contribution in [0.25, 0.3) is 0 Å². The number of nitrogens with two attached hydrogens (primary N) is 1. The summed E-state index contributed by atoms with van der Waals surface area (Å²) in [6.07, 6.45) is 1.40. The topological polar surface area (TPSA) is 53.0 Å². The highest BCUT2D eigenvalue weighted by Crippen LogP contribution is 2.33. The number of nitrogens with zero attached hydrogens (tertiary/aromatic N) is 2. The molecule has 1 heterocycles. The van der Waals surface area contributed by atoms with Gasteiger partial charge in [0.1, 0.15) is 0 Å². The Morgan fingerprint density at radius 3 is 2.67 bits per heavy atom. The van der Waals surface area contributed by atoms with E-state index in [4.69, 9.17) is 22.6 Å². The first-order valence-electron chi connectivity index (χ1n) is 6.10. The minimum Gasteiger partial charge on any atom is -0.326 e. The molecule has 0 saturated heterocycles. The van der Waals surface area contributed by atoms with Crippen LogP contribution >= 0.6 is 22.9 Å². The first-order chi connectivity index (χ1) is 8.51. The average molecular weight is 286 g/mol. The summed E-state index contributed by atoms with van der Waals surface area (Å²) < 4.78 is 0.777. The second-order valence-electron chi connectivity index (χ2n) is 4.54. The molecule has 0 radical (unpaired) electrons. The molecule has 1 aromatic heterocycles. The highest BCUT2D eigenvalue weighted by Gasteiger charge is 2.27. The van der Waals surface area contributed by atoms with E-state index in [-0.39, 0.29) is 18.1 Å². The molecule has 18 heavy (non-hydrogen) atoms. The molecule has 0 aliphatic carbocycles. The van der Waals surface area contributed by atoms with E-state index < -0.39 is 0 Å². The Labute approximate surface area is 118 Å². The normalized spacial score (nSPS) is 16.3. The van der Waals surface area contributed by atoms with Gasteiger partial charge in [0.15, 0.2) is 0 Å². The molecule has 0 aliphatic heterocycles. The van der Waals surface area contributed by atoms with Crippen LogP contribution in [-0.2, 0) is 0 Å². The SMILES string of the molecule is CCC(N)C(c1ccc(Cl)s1)N(C)C(C)CC#N. The Morgan fingerprint density at radius 2 is 2.22 bits per heavy atom. The maximum atomic E-state index is 8.81.